The van der Waals surface area contributed by atoms with Gasteiger partial charge in [-0.15, -0.1) is 5.10 Å². The maximum absolute atomic E-state index is 12.1. The summed E-state index contributed by atoms with van der Waals surface area (Å²) in [5, 5.41) is 18.9. The quantitative estimate of drug-likeness (QED) is 0.780. The third kappa shape index (κ3) is 5.80. The molecule has 2 N–H and O–H groups in total. The van der Waals surface area contributed by atoms with Crippen LogP contribution in [0, 0.1) is 5.92 Å². The second-order valence-corrected chi connectivity index (χ2v) is 5.60. The van der Waals surface area contributed by atoms with Gasteiger partial charge in [-0.1, -0.05) is 19.1 Å². The van der Waals surface area contributed by atoms with Gasteiger partial charge >= 0.3 is 12.0 Å². The lowest BCUT2D eigenvalue weighted by molar-refractivity contribution is -0.137. The van der Waals surface area contributed by atoms with E-state index in [9.17, 15) is 9.59 Å². The third-order valence-corrected chi connectivity index (χ3v) is 2.75. The van der Waals surface area contributed by atoms with Crippen molar-refractivity contribution >= 4 is 12.0 Å². The molecule has 0 aliphatic rings. The number of urea groups is 1. The van der Waals surface area contributed by atoms with Crippen LogP contribution in [-0.4, -0.2) is 49.6 Å². The second kappa shape index (κ2) is 7.61. The van der Waals surface area contributed by atoms with Crippen LogP contribution in [-0.2, 0) is 17.9 Å². The van der Waals surface area contributed by atoms with Crippen molar-refractivity contribution in [3.63, 3.8) is 0 Å². The molecule has 0 unspecified atom stereocenters. The molecule has 0 fully saturated rings. The van der Waals surface area contributed by atoms with Gasteiger partial charge in [0.15, 0.2) is 0 Å². The van der Waals surface area contributed by atoms with Crippen molar-refractivity contribution in [2.24, 2.45) is 5.92 Å². The maximum Gasteiger partial charge on any atom is 0.325 e. The lowest BCUT2D eigenvalue weighted by atomic mass is 10.2. The highest BCUT2D eigenvalue weighted by molar-refractivity contribution is 5.74. The van der Waals surface area contributed by atoms with E-state index in [4.69, 9.17) is 5.11 Å². The number of carboxylic acids is 1. The minimum Gasteiger partial charge on any atom is -0.480 e. The number of aliphatic carboxylic acids is 1. The Hall–Kier alpha value is -2.12. The molecule has 0 bridgehead atoms. The highest BCUT2D eigenvalue weighted by Crippen LogP contribution is 2.05. The molecule has 0 saturated heterocycles. The van der Waals surface area contributed by atoms with Crippen LogP contribution in [0.4, 0.5) is 4.79 Å². The van der Waals surface area contributed by atoms with Gasteiger partial charge in [-0.3, -0.25) is 4.79 Å². The highest BCUT2D eigenvalue weighted by atomic mass is 16.4. The van der Waals surface area contributed by atoms with Crippen molar-refractivity contribution in [3.05, 3.63) is 11.9 Å². The third-order valence-electron chi connectivity index (χ3n) is 2.75. The number of carbonyl (C=O) groups excluding carboxylic acids is 1. The monoisotopic (exact) mass is 297 g/mol. The summed E-state index contributed by atoms with van der Waals surface area (Å²) in [6, 6.07) is -0.0541. The molecule has 0 aromatic carbocycles. The first-order chi connectivity index (χ1) is 9.79. The number of rotatable bonds is 7. The summed E-state index contributed by atoms with van der Waals surface area (Å²) in [5.74, 6) is -0.604. The lowest BCUT2D eigenvalue weighted by Crippen LogP contribution is -2.45. The van der Waals surface area contributed by atoms with Gasteiger partial charge < -0.3 is 15.3 Å². The Kier molecular flexibility index (Phi) is 6.13. The van der Waals surface area contributed by atoms with Gasteiger partial charge in [-0.2, -0.15) is 0 Å². The van der Waals surface area contributed by atoms with E-state index < -0.39 is 5.97 Å². The summed E-state index contributed by atoms with van der Waals surface area (Å²) in [7, 11) is 0. The van der Waals surface area contributed by atoms with E-state index in [1.54, 1.807) is 4.90 Å². The number of hydrogen-bond acceptors (Lipinski definition) is 4. The number of nitrogens with zero attached hydrogens (tertiary/aromatic N) is 4. The minimum absolute atomic E-state index is 0.107. The van der Waals surface area contributed by atoms with Gasteiger partial charge in [-0.05, 0) is 19.8 Å². The first-order valence-electron chi connectivity index (χ1n) is 6.94. The van der Waals surface area contributed by atoms with Crippen LogP contribution >= 0.6 is 0 Å². The number of hydrogen-bond donors (Lipinski definition) is 2. The summed E-state index contributed by atoms with van der Waals surface area (Å²) < 4.78 is 1.22. The molecule has 2 amide bonds. The van der Waals surface area contributed by atoms with Crippen LogP contribution in [0.3, 0.4) is 0 Å². The molecular formula is C13H23N5O3. The number of nitrogens with one attached hydrogen (secondary N) is 1. The zero-order chi connectivity index (χ0) is 16.0. The van der Waals surface area contributed by atoms with Crippen molar-refractivity contribution in [2.75, 3.05) is 6.54 Å². The lowest BCUT2D eigenvalue weighted by Gasteiger charge is -2.28. The number of aromatic nitrogens is 3. The van der Waals surface area contributed by atoms with E-state index in [1.807, 2.05) is 13.8 Å². The highest BCUT2D eigenvalue weighted by Gasteiger charge is 2.18. The number of carboxylic acid groups (broad SMARTS) is 1. The summed E-state index contributed by atoms with van der Waals surface area (Å²) in [5.41, 5.74) is 0.526. The van der Waals surface area contributed by atoms with E-state index in [0.29, 0.717) is 18.2 Å². The molecule has 1 aromatic rings. The van der Waals surface area contributed by atoms with Crippen LogP contribution in [0.1, 0.15) is 33.4 Å². The molecule has 1 aromatic heterocycles. The van der Waals surface area contributed by atoms with Gasteiger partial charge in [0, 0.05) is 12.6 Å². The van der Waals surface area contributed by atoms with Crippen LogP contribution in [0.15, 0.2) is 6.20 Å². The Morgan fingerprint density at radius 3 is 2.57 bits per heavy atom. The van der Waals surface area contributed by atoms with Gasteiger partial charge in [0.25, 0.3) is 0 Å². The first-order valence-corrected chi connectivity index (χ1v) is 6.94. The van der Waals surface area contributed by atoms with E-state index in [-0.39, 0.29) is 25.2 Å². The number of amides is 2. The molecule has 0 spiro atoms. The van der Waals surface area contributed by atoms with Crippen LogP contribution in [0.25, 0.3) is 0 Å². The average Bonchev–Trinajstić information content (AvgIpc) is 2.79. The molecule has 118 valence electrons. The fourth-order valence-electron chi connectivity index (χ4n) is 1.82. The van der Waals surface area contributed by atoms with Crippen LogP contribution < -0.4 is 5.32 Å². The zero-order valence-corrected chi connectivity index (χ0v) is 12.9. The second-order valence-electron chi connectivity index (χ2n) is 5.60. The largest absolute Gasteiger partial charge is 0.480 e. The minimum atomic E-state index is -0.988. The summed E-state index contributed by atoms with van der Waals surface area (Å²) in [6.45, 7) is 8.69. The summed E-state index contributed by atoms with van der Waals surface area (Å²) in [4.78, 5) is 24.4. The van der Waals surface area contributed by atoms with Gasteiger partial charge in [0.1, 0.15) is 12.2 Å². The van der Waals surface area contributed by atoms with Gasteiger partial charge in [0.05, 0.1) is 12.7 Å². The Morgan fingerprint density at radius 1 is 1.38 bits per heavy atom. The molecule has 8 nitrogen and oxygen atoms in total. The molecule has 0 saturated carbocycles. The first kappa shape index (κ1) is 16.9. The van der Waals surface area contributed by atoms with Crippen LogP contribution in [0.2, 0.25) is 0 Å². The topological polar surface area (TPSA) is 100 Å². The summed E-state index contributed by atoms with van der Waals surface area (Å²) >= 11 is 0. The Balaban J connectivity index is 2.54. The molecular weight excluding hydrogens is 274 g/mol. The van der Waals surface area contributed by atoms with Crippen molar-refractivity contribution in [3.8, 4) is 0 Å². The molecule has 21 heavy (non-hydrogen) atoms. The van der Waals surface area contributed by atoms with Crippen LogP contribution in [0.5, 0.6) is 0 Å². The molecule has 0 atom stereocenters. The molecule has 0 radical (unpaired) electrons. The van der Waals surface area contributed by atoms with Crippen molar-refractivity contribution < 1.29 is 14.7 Å². The number of carbonyl (C=O) groups is 2. The van der Waals surface area contributed by atoms with Crippen molar-refractivity contribution in [2.45, 2.75) is 46.8 Å². The predicted octanol–water partition coefficient (Wildman–Crippen LogP) is 0.939. The fourth-order valence-corrected chi connectivity index (χ4v) is 1.82. The van der Waals surface area contributed by atoms with Gasteiger partial charge in [-0.25, -0.2) is 9.48 Å². The molecule has 1 rings (SSSR count). The fraction of sp³-hybridized carbons (Fsp3) is 0.692. The van der Waals surface area contributed by atoms with Crippen molar-refractivity contribution in [1.82, 2.24) is 25.2 Å². The van der Waals surface area contributed by atoms with E-state index in [0.717, 1.165) is 0 Å². The predicted molar refractivity (Wildman–Crippen MR) is 76.6 cm³/mol. The van der Waals surface area contributed by atoms with Crippen molar-refractivity contribution in [1.29, 1.82) is 0 Å². The van der Waals surface area contributed by atoms with Gasteiger partial charge in [0.2, 0.25) is 0 Å². The Bertz CT molecular complexity index is 484. The summed E-state index contributed by atoms with van der Waals surface area (Å²) in [6.07, 6.45) is 1.51. The normalized spacial score (nSPS) is 11.0. The SMILES string of the molecule is CC(C)CN(C(=O)NCc1cn(CC(=O)O)nn1)C(C)C. The molecule has 8 heteroatoms. The molecule has 1 heterocycles. The smallest absolute Gasteiger partial charge is 0.325 e. The maximum atomic E-state index is 12.1. The Morgan fingerprint density at radius 2 is 2.05 bits per heavy atom. The van der Waals surface area contributed by atoms with E-state index >= 15 is 0 Å². The van der Waals surface area contributed by atoms with E-state index in [2.05, 4.69) is 29.5 Å². The molecule has 0 aliphatic heterocycles. The average molecular weight is 297 g/mol. The zero-order valence-electron chi connectivity index (χ0n) is 12.9. The Labute approximate surface area is 124 Å². The standard InChI is InChI=1S/C13H23N5O3/c1-9(2)6-18(10(3)4)13(21)14-5-11-7-17(16-15-11)8-12(19)20/h7,9-10H,5-6,8H2,1-4H3,(H,14,21)(H,19,20). The molecule has 0 aliphatic carbocycles. The van der Waals surface area contributed by atoms with E-state index in [1.165, 1.54) is 10.9 Å².